The molecule has 0 aliphatic carbocycles. The van der Waals surface area contributed by atoms with Crippen molar-refractivity contribution >= 4 is 11.8 Å². The number of anilines is 2. The van der Waals surface area contributed by atoms with Crippen molar-refractivity contribution in [3.8, 4) is 0 Å². The Morgan fingerprint density at radius 1 is 1.11 bits per heavy atom. The summed E-state index contributed by atoms with van der Waals surface area (Å²) in [7, 11) is 2.05. The van der Waals surface area contributed by atoms with Crippen molar-refractivity contribution in [1.82, 2.24) is 15.3 Å². The largest absolute Gasteiger partial charge is 0.356 e. The molecule has 0 amide bonds. The van der Waals surface area contributed by atoms with Crippen molar-refractivity contribution in [1.29, 1.82) is 0 Å². The van der Waals surface area contributed by atoms with E-state index in [0.29, 0.717) is 6.04 Å². The van der Waals surface area contributed by atoms with Crippen LogP contribution in [-0.4, -0.2) is 49.2 Å². The summed E-state index contributed by atoms with van der Waals surface area (Å²) in [4.78, 5) is 13.9. The fourth-order valence-electron chi connectivity index (χ4n) is 2.98. The van der Waals surface area contributed by atoms with E-state index in [9.17, 15) is 0 Å². The van der Waals surface area contributed by atoms with Crippen LogP contribution in [0.15, 0.2) is 12.3 Å². The van der Waals surface area contributed by atoms with Crippen molar-refractivity contribution in [3.05, 3.63) is 12.3 Å². The van der Waals surface area contributed by atoms with Gasteiger partial charge < -0.3 is 15.1 Å². The minimum atomic E-state index is 0.663. The van der Waals surface area contributed by atoms with Gasteiger partial charge >= 0.3 is 0 Å². The summed E-state index contributed by atoms with van der Waals surface area (Å²) >= 11 is 0. The van der Waals surface area contributed by atoms with Crippen molar-refractivity contribution in [3.63, 3.8) is 0 Å². The van der Waals surface area contributed by atoms with E-state index in [2.05, 4.69) is 27.1 Å². The van der Waals surface area contributed by atoms with E-state index < -0.39 is 0 Å². The van der Waals surface area contributed by atoms with Gasteiger partial charge in [-0.2, -0.15) is 4.98 Å². The van der Waals surface area contributed by atoms with E-state index >= 15 is 0 Å². The van der Waals surface area contributed by atoms with Crippen LogP contribution in [0.1, 0.15) is 25.7 Å². The lowest BCUT2D eigenvalue weighted by atomic mass is 10.1. The van der Waals surface area contributed by atoms with Crippen LogP contribution in [0.25, 0.3) is 0 Å². The maximum Gasteiger partial charge on any atom is 0.227 e. The Bertz CT molecular complexity index is 408. The highest BCUT2D eigenvalue weighted by Gasteiger charge is 2.20. The van der Waals surface area contributed by atoms with E-state index in [0.717, 1.165) is 37.9 Å². The topological polar surface area (TPSA) is 44.3 Å². The Kier molecular flexibility index (Phi) is 3.82. The van der Waals surface area contributed by atoms with Crippen LogP contribution < -0.4 is 15.1 Å². The molecule has 0 aromatic carbocycles. The third kappa shape index (κ3) is 2.81. The summed E-state index contributed by atoms with van der Waals surface area (Å²) in [6.07, 6.45) is 6.82. The zero-order valence-corrected chi connectivity index (χ0v) is 11.7. The molecule has 1 aromatic rings. The minimum absolute atomic E-state index is 0.663. The fourth-order valence-corrected chi connectivity index (χ4v) is 2.98. The number of hydrogen-bond donors (Lipinski definition) is 1. The van der Waals surface area contributed by atoms with Gasteiger partial charge in [-0.3, -0.25) is 0 Å². The van der Waals surface area contributed by atoms with E-state index in [-0.39, 0.29) is 0 Å². The van der Waals surface area contributed by atoms with Gasteiger partial charge in [0.25, 0.3) is 0 Å². The Balaban J connectivity index is 1.69. The van der Waals surface area contributed by atoms with E-state index in [4.69, 9.17) is 4.98 Å². The zero-order chi connectivity index (χ0) is 13.1. The average Bonchev–Trinajstić information content (AvgIpc) is 3.02. The quantitative estimate of drug-likeness (QED) is 0.887. The molecular formula is C14H23N5. The molecule has 1 aromatic heterocycles. The Morgan fingerprint density at radius 3 is 2.53 bits per heavy atom. The van der Waals surface area contributed by atoms with Gasteiger partial charge in [-0.1, -0.05) is 0 Å². The van der Waals surface area contributed by atoms with Crippen molar-refractivity contribution in [2.24, 2.45) is 0 Å². The van der Waals surface area contributed by atoms with Crippen LogP contribution in [0.5, 0.6) is 0 Å². The number of rotatable bonds is 3. The maximum atomic E-state index is 4.75. The summed E-state index contributed by atoms with van der Waals surface area (Å²) in [6, 6.07) is 2.70. The molecule has 19 heavy (non-hydrogen) atoms. The maximum absolute atomic E-state index is 4.75. The molecule has 2 saturated heterocycles. The number of hydrogen-bond acceptors (Lipinski definition) is 5. The van der Waals surface area contributed by atoms with Gasteiger partial charge in [0, 0.05) is 38.4 Å². The van der Waals surface area contributed by atoms with E-state index in [1.807, 2.05) is 12.3 Å². The van der Waals surface area contributed by atoms with Crippen LogP contribution in [0.3, 0.4) is 0 Å². The first kappa shape index (κ1) is 12.7. The minimum Gasteiger partial charge on any atom is -0.356 e. The summed E-state index contributed by atoms with van der Waals surface area (Å²) in [5.41, 5.74) is 0. The molecule has 0 unspecified atom stereocenters. The molecule has 5 heteroatoms. The smallest absolute Gasteiger partial charge is 0.227 e. The molecule has 2 fully saturated rings. The first-order chi connectivity index (χ1) is 9.36. The number of nitrogens with zero attached hydrogens (tertiary/aromatic N) is 4. The molecule has 2 aliphatic rings. The molecule has 0 spiro atoms. The van der Waals surface area contributed by atoms with Crippen LogP contribution in [0.2, 0.25) is 0 Å². The predicted molar refractivity (Wildman–Crippen MR) is 77.8 cm³/mol. The van der Waals surface area contributed by atoms with Crippen LogP contribution >= 0.6 is 0 Å². The van der Waals surface area contributed by atoms with Crippen LogP contribution in [0, 0.1) is 0 Å². The first-order valence-electron chi connectivity index (χ1n) is 7.37. The second-order valence-electron chi connectivity index (χ2n) is 5.46. The lowest BCUT2D eigenvalue weighted by Gasteiger charge is -2.32. The van der Waals surface area contributed by atoms with Crippen molar-refractivity contribution < 1.29 is 0 Å². The third-order valence-electron chi connectivity index (χ3n) is 4.24. The summed E-state index contributed by atoms with van der Waals surface area (Å²) in [5.74, 6) is 2.00. The van der Waals surface area contributed by atoms with Gasteiger partial charge in [0.05, 0.1) is 0 Å². The molecule has 0 radical (unpaired) electrons. The Hall–Kier alpha value is -1.36. The summed E-state index contributed by atoms with van der Waals surface area (Å²) < 4.78 is 0. The predicted octanol–water partition coefficient (Wildman–Crippen LogP) is 1.26. The van der Waals surface area contributed by atoms with E-state index in [1.54, 1.807) is 0 Å². The molecule has 0 saturated carbocycles. The lowest BCUT2D eigenvalue weighted by Crippen LogP contribution is -2.41. The molecule has 104 valence electrons. The first-order valence-corrected chi connectivity index (χ1v) is 7.37. The standard InChI is InChI=1S/C14H23N5/c1-15-12-5-10-18(11-6-12)13-4-7-16-14(17-13)19-8-2-3-9-19/h4,7,12,15H,2-3,5-6,8-11H2,1H3. The molecular weight excluding hydrogens is 238 g/mol. The average molecular weight is 261 g/mol. The van der Waals surface area contributed by atoms with Crippen molar-refractivity contribution in [2.75, 3.05) is 43.0 Å². The second kappa shape index (κ2) is 5.74. The van der Waals surface area contributed by atoms with Gasteiger partial charge in [0.1, 0.15) is 5.82 Å². The zero-order valence-electron chi connectivity index (χ0n) is 11.7. The summed E-state index contributed by atoms with van der Waals surface area (Å²) in [6.45, 7) is 4.38. The molecule has 0 bridgehead atoms. The highest BCUT2D eigenvalue weighted by Crippen LogP contribution is 2.21. The van der Waals surface area contributed by atoms with Gasteiger partial charge in [-0.15, -0.1) is 0 Å². The SMILES string of the molecule is CNC1CCN(c2ccnc(N3CCCC3)n2)CC1. The van der Waals surface area contributed by atoms with Gasteiger partial charge in [-0.25, -0.2) is 4.98 Å². The second-order valence-corrected chi connectivity index (χ2v) is 5.46. The van der Waals surface area contributed by atoms with Crippen molar-refractivity contribution in [2.45, 2.75) is 31.7 Å². The number of nitrogens with one attached hydrogen (secondary N) is 1. The molecule has 2 aliphatic heterocycles. The Labute approximate surface area is 115 Å². The van der Waals surface area contributed by atoms with Crippen LogP contribution in [-0.2, 0) is 0 Å². The number of piperidine rings is 1. The van der Waals surface area contributed by atoms with Gasteiger partial charge in [-0.05, 0) is 38.8 Å². The Morgan fingerprint density at radius 2 is 1.84 bits per heavy atom. The van der Waals surface area contributed by atoms with Gasteiger partial charge in [0.2, 0.25) is 5.95 Å². The lowest BCUT2D eigenvalue weighted by molar-refractivity contribution is 0.440. The van der Waals surface area contributed by atoms with E-state index in [1.165, 1.54) is 25.7 Å². The normalized spacial score (nSPS) is 21.1. The highest BCUT2D eigenvalue weighted by molar-refractivity contribution is 5.44. The molecule has 1 N–H and O–H groups in total. The molecule has 3 heterocycles. The molecule has 3 rings (SSSR count). The monoisotopic (exact) mass is 261 g/mol. The highest BCUT2D eigenvalue weighted by atomic mass is 15.3. The third-order valence-corrected chi connectivity index (χ3v) is 4.24. The number of aromatic nitrogens is 2. The fraction of sp³-hybridized carbons (Fsp3) is 0.714. The molecule has 5 nitrogen and oxygen atoms in total. The van der Waals surface area contributed by atoms with Crippen LogP contribution in [0.4, 0.5) is 11.8 Å². The van der Waals surface area contributed by atoms with Gasteiger partial charge in [0.15, 0.2) is 0 Å². The summed E-state index contributed by atoms with van der Waals surface area (Å²) in [5, 5.41) is 3.36. The molecule has 0 atom stereocenters.